The van der Waals surface area contributed by atoms with Crippen molar-refractivity contribution in [3.05, 3.63) is 47.7 Å². The first kappa shape index (κ1) is 14.8. The Morgan fingerprint density at radius 1 is 1.24 bits per heavy atom. The molecule has 0 atom stereocenters. The summed E-state index contributed by atoms with van der Waals surface area (Å²) in [5.41, 5.74) is 6.31. The monoisotopic (exact) mass is 288 g/mol. The van der Waals surface area contributed by atoms with E-state index >= 15 is 0 Å². The first-order valence-corrected chi connectivity index (χ1v) is 6.47. The number of anilines is 1. The zero-order chi connectivity index (χ0) is 15.2. The molecule has 0 saturated carbocycles. The number of rotatable bonds is 3. The topological polar surface area (TPSA) is 48.1 Å². The van der Waals surface area contributed by atoms with E-state index in [2.05, 4.69) is 16.8 Å². The lowest BCUT2D eigenvalue weighted by molar-refractivity contribution is 0.438. The number of pyridine rings is 1. The number of hydrogen-bond acceptors (Lipinski definition) is 3. The number of nitrogens with zero attached hydrogens (tertiary/aromatic N) is 1. The van der Waals surface area contributed by atoms with Crippen molar-refractivity contribution < 1.29 is 13.5 Å². The van der Waals surface area contributed by atoms with Gasteiger partial charge in [0.2, 0.25) is 0 Å². The summed E-state index contributed by atoms with van der Waals surface area (Å²) in [7, 11) is 0. The van der Waals surface area contributed by atoms with Gasteiger partial charge in [-0.25, -0.2) is 13.8 Å². The molecule has 0 aliphatic carbocycles. The smallest absolute Gasteiger partial charge is 0.170 e. The molecule has 21 heavy (non-hydrogen) atoms. The molecule has 0 amide bonds. The summed E-state index contributed by atoms with van der Waals surface area (Å²) in [6.07, 6.45) is 3.25. The van der Waals surface area contributed by atoms with Crippen LogP contribution in [0.3, 0.4) is 0 Å². The number of nitrogens with two attached hydrogens (primary N) is 1. The fraction of sp³-hybridized carbons (Fsp3) is 0.188. The van der Waals surface area contributed by atoms with Crippen molar-refractivity contribution in [2.45, 2.75) is 19.8 Å². The lowest BCUT2D eigenvalue weighted by atomic mass is 10.2. The Balaban J connectivity index is 2.27. The van der Waals surface area contributed by atoms with Crippen LogP contribution in [-0.2, 0) is 0 Å². The molecule has 0 radical (unpaired) electrons. The Morgan fingerprint density at radius 2 is 2.05 bits per heavy atom. The van der Waals surface area contributed by atoms with Gasteiger partial charge < -0.3 is 10.5 Å². The van der Waals surface area contributed by atoms with E-state index in [1.807, 2.05) is 6.92 Å². The highest BCUT2D eigenvalue weighted by Gasteiger charge is 2.09. The van der Waals surface area contributed by atoms with E-state index in [0.717, 1.165) is 25.0 Å². The van der Waals surface area contributed by atoms with Crippen molar-refractivity contribution in [3.63, 3.8) is 0 Å². The van der Waals surface area contributed by atoms with E-state index in [9.17, 15) is 8.78 Å². The van der Waals surface area contributed by atoms with E-state index in [4.69, 9.17) is 10.5 Å². The van der Waals surface area contributed by atoms with Crippen LogP contribution in [0.5, 0.6) is 11.5 Å². The molecule has 1 aromatic carbocycles. The van der Waals surface area contributed by atoms with Crippen LogP contribution in [0.1, 0.15) is 25.3 Å². The number of aromatic nitrogens is 1. The molecule has 1 heterocycles. The van der Waals surface area contributed by atoms with Gasteiger partial charge in [-0.15, -0.1) is 0 Å². The van der Waals surface area contributed by atoms with Crippen molar-refractivity contribution >= 4 is 5.82 Å². The maximum absolute atomic E-state index is 13.6. The Morgan fingerprint density at radius 3 is 2.76 bits per heavy atom. The third-order valence-corrected chi connectivity index (χ3v) is 2.60. The lowest BCUT2D eigenvalue weighted by Gasteiger charge is -2.08. The predicted octanol–water partition coefficient (Wildman–Crippen LogP) is 3.89. The molecule has 108 valence electrons. The van der Waals surface area contributed by atoms with Gasteiger partial charge in [0.15, 0.2) is 23.1 Å². The minimum absolute atomic E-state index is 0.111. The van der Waals surface area contributed by atoms with E-state index in [1.165, 1.54) is 12.3 Å². The van der Waals surface area contributed by atoms with Gasteiger partial charge >= 0.3 is 0 Å². The number of hydrogen-bond donors (Lipinski definition) is 1. The zero-order valence-corrected chi connectivity index (χ0v) is 11.5. The van der Waals surface area contributed by atoms with Crippen LogP contribution < -0.4 is 10.5 Å². The quantitative estimate of drug-likeness (QED) is 0.872. The number of ether oxygens (including phenoxy) is 1. The van der Waals surface area contributed by atoms with Crippen LogP contribution in [0.2, 0.25) is 0 Å². The van der Waals surface area contributed by atoms with E-state index in [-0.39, 0.29) is 17.3 Å². The van der Waals surface area contributed by atoms with Gasteiger partial charge in [0, 0.05) is 30.3 Å². The van der Waals surface area contributed by atoms with Gasteiger partial charge in [0.05, 0.1) is 0 Å². The molecule has 3 nitrogen and oxygen atoms in total. The standard InChI is InChI=1S/C16H14F2N2O/c1-2-3-4-5-11-8-15(16(19)20-10-11)21-14-7-6-12(17)9-13(14)18/h6-10H,2-3H2,1H3,(H2,19,20). The zero-order valence-electron chi connectivity index (χ0n) is 11.5. The van der Waals surface area contributed by atoms with Crippen LogP contribution in [0.4, 0.5) is 14.6 Å². The molecule has 0 bridgehead atoms. The van der Waals surface area contributed by atoms with Gasteiger partial charge in [-0.3, -0.25) is 0 Å². The predicted molar refractivity (Wildman–Crippen MR) is 76.9 cm³/mol. The summed E-state index contributed by atoms with van der Waals surface area (Å²) in [6.45, 7) is 2.03. The van der Waals surface area contributed by atoms with Crippen LogP contribution >= 0.6 is 0 Å². The molecule has 0 aliphatic heterocycles. The number of unbranched alkanes of at least 4 members (excludes halogenated alkanes) is 1. The molecule has 2 N–H and O–H groups in total. The van der Waals surface area contributed by atoms with Gasteiger partial charge in [0.1, 0.15) is 5.82 Å². The van der Waals surface area contributed by atoms with E-state index in [1.54, 1.807) is 6.07 Å². The normalized spacial score (nSPS) is 9.86. The summed E-state index contributed by atoms with van der Waals surface area (Å²) in [5.74, 6) is 4.58. The highest BCUT2D eigenvalue weighted by atomic mass is 19.1. The maximum Gasteiger partial charge on any atom is 0.170 e. The third-order valence-electron chi connectivity index (χ3n) is 2.60. The van der Waals surface area contributed by atoms with Gasteiger partial charge in [-0.1, -0.05) is 18.8 Å². The average molecular weight is 288 g/mol. The SMILES string of the molecule is CCCC#Cc1cnc(N)c(Oc2ccc(F)cc2F)c1. The number of benzene rings is 1. The van der Waals surface area contributed by atoms with Crippen LogP contribution in [-0.4, -0.2) is 4.98 Å². The Hall–Kier alpha value is -2.61. The molecule has 1 aromatic heterocycles. The van der Waals surface area contributed by atoms with Crippen LogP contribution in [0, 0.1) is 23.5 Å². The van der Waals surface area contributed by atoms with Crippen molar-refractivity contribution in [3.8, 4) is 23.3 Å². The maximum atomic E-state index is 13.6. The van der Waals surface area contributed by atoms with E-state index < -0.39 is 11.6 Å². The molecule has 0 unspecified atom stereocenters. The Labute approximate surface area is 121 Å². The lowest BCUT2D eigenvalue weighted by Crippen LogP contribution is -1.97. The van der Waals surface area contributed by atoms with Crippen molar-refractivity contribution in [1.29, 1.82) is 0 Å². The molecule has 2 aromatic rings. The fourth-order valence-electron chi connectivity index (χ4n) is 1.57. The second-order valence-electron chi connectivity index (χ2n) is 4.34. The van der Waals surface area contributed by atoms with Crippen molar-refractivity contribution in [1.82, 2.24) is 4.98 Å². The summed E-state index contributed by atoms with van der Waals surface area (Å²) in [4.78, 5) is 3.95. The first-order valence-electron chi connectivity index (χ1n) is 6.47. The summed E-state index contributed by atoms with van der Waals surface area (Å²) in [6, 6.07) is 4.62. The molecule has 0 saturated heterocycles. The van der Waals surface area contributed by atoms with Crippen molar-refractivity contribution in [2.75, 3.05) is 5.73 Å². The minimum Gasteiger partial charge on any atom is -0.450 e. The van der Waals surface area contributed by atoms with Gasteiger partial charge in [0.25, 0.3) is 0 Å². The molecule has 0 aliphatic rings. The first-order chi connectivity index (χ1) is 10.1. The van der Waals surface area contributed by atoms with Crippen molar-refractivity contribution in [2.24, 2.45) is 0 Å². The largest absolute Gasteiger partial charge is 0.450 e. The molecule has 2 rings (SSSR count). The van der Waals surface area contributed by atoms with Gasteiger partial charge in [-0.2, -0.15) is 0 Å². The second-order valence-corrected chi connectivity index (χ2v) is 4.34. The summed E-state index contributed by atoms with van der Waals surface area (Å²) < 4.78 is 31.8. The molecular formula is C16H14F2N2O. The fourth-order valence-corrected chi connectivity index (χ4v) is 1.57. The molecule has 0 fully saturated rings. The second kappa shape index (κ2) is 6.71. The summed E-state index contributed by atoms with van der Waals surface area (Å²) in [5, 5.41) is 0. The molecular weight excluding hydrogens is 274 g/mol. The number of halogens is 2. The Kier molecular flexibility index (Phi) is 4.72. The third kappa shape index (κ3) is 3.93. The highest BCUT2D eigenvalue weighted by molar-refractivity contribution is 5.52. The van der Waals surface area contributed by atoms with Gasteiger partial charge in [-0.05, 0) is 18.6 Å². The molecule has 5 heteroatoms. The number of nitrogen functional groups attached to an aromatic ring is 1. The average Bonchev–Trinajstić information content (AvgIpc) is 2.45. The van der Waals surface area contributed by atoms with E-state index in [0.29, 0.717) is 5.56 Å². The summed E-state index contributed by atoms with van der Waals surface area (Å²) >= 11 is 0. The Bertz CT molecular complexity index is 705. The molecule has 0 spiro atoms. The van der Waals surface area contributed by atoms with Crippen LogP contribution in [0.25, 0.3) is 0 Å². The van der Waals surface area contributed by atoms with Crippen LogP contribution in [0.15, 0.2) is 30.5 Å². The highest BCUT2D eigenvalue weighted by Crippen LogP contribution is 2.28. The minimum atomic E-state index is -0.808.